The third-order valence-corrected chi connectivity index (χ3v) is 6.36. The topological polar surface area (TPSA) is 95.5 Å². The molecule has 1 aliphatic rings. The normalized spacial score (nSPS) is 15.9. The Hall–Kier alpha value is -4.65. The number of carbonyl (C=O) groups excluding carboxylic acids is 2. The Morgan fingerprint density at radius 2 is 1.94 bits per heavy atom. The first kappa shape index (κ1) is 23.1. The van der Waals surface area contributed by atoms with Crippen LogP contribution in [0.25, 0.3) is 17.0 Å². The zero-order chi connectivity index (χ0) is 25.1. The molecule has 4 aromatic rings. The minimum Gasteiger partial charge on any atom is -0.503 e. The molecule has 5 rings (SSSR count). The minimum absolute atomic E-state index is 0.0338. The molecule has 36 heavy (non-hydrogen) atoms. The highest BCUT2D eigenvalue weighted by molar-refractivity contribution is 6.14. The van der Waals surface area contributed by atoms with Crippen molar-refractivity contribution in [2.45, 2.75) is 12.5 Å². The quantitative estimate of drug-likeness (QED) is 0.354. The number of ether oxygens (including phenoxy) is 1. The Labute approximate surface area is 208 Å². The number of aromatic nitrogens is 2. The number of H-pyrrole nitrogens is 1. The van der Waals surface area contributed by atoms with Gasteiger partial charge in [0.25, 0.3) is 5.91 Å². The fraction of sp³-hybridized carbons (Fsp3) is 0.138. The molecule has 0 saturated carbocycles. The molecule has 7 heteroatoms. The highest BCUT2D eigenvalue weighted by Crippen LogP contribution is 2.37. The molecule has 2 aromatic heterocycles. The van der Waals surface area contributed by atoms with Gasteiger partial charge < -0.3 is 19.7 Å². The fourth-order valence-corrected chi connectivity index (χ4v) is 4.54. The summed E-state index contributed by atoms with van der Waals surface area (Å²) in [6.45, 7) is 0.285. The molecule has 3 heterocycles. The molecule has 1 atom stereocenters. The van der Waals surface area contributed by atoms with Crippen LogP contribution in [-0.2, 0) is 16.0 Å². The van der Waals surface area contributed by atoms with Crippen molar-refractivity contribution in [3.05, 3.63) is 113 Å². The van der Waals surface area contributed by atoms with Gasteiger partial charge in [0.05, 0.1) is 18.4 Å². The van der Waals surface area contributed by atoms with Gasteiger partial charge in [0.2, 0.25) is 0 Å². The SMILES string of the molecule is COc1ccc2[nH]cc(CCN3C(=O)C(O)=C(C(=O)/C=C/c4ccccc4)[C@@H]3c3ccccn3)c2c1. The van der Waals surface area contributed by atoms with Gasteiger partial charge in [-0.25, -0.2) is 0 Å². The lowest BCUT2D eigenvalue weighted by Gasteiger charge is -2.25. The molecule has 0 unspecified atom stereocenters. The number of nitrogens with one attached hydrogen (secondary N) is 1. The van der Waals surface area contributed by atoms with Gasteiger partial charge in [-0.1, -0.05) is 42.5 Å². The van der Waals surface area contributed by atoms with Gasteiger partial charge in [-0.15, -0.1) is 0 Å². The molecule has 1 amide bonds. The number of ketones is 1. The van der Waals surface area contributed by atoms with E-state index in [2.05, 4.69) is 9.97 Å². The second-order valence-electron chi connectivity index (χ2n) is 8.50. The van der Waals surface area contributed by atoms with Crippen LogP contribution in [0, 0.1) is 0 Å². The van der Waals surface area contributed by atoms with Gasteiger partial charge in [0, 0.05) is 29.8 Å². The Kier molecular flexibility index (Phi) is 6.36. The standard InChI is InChI=1S/C29H25N3O4/c1-36-21-11-12-23-22(17-21)20(18-31-23)14-16-32-27(24-9-5-6-15-30-24)26(28(34)29(32)35)25(33)13-10-19-7-3-2-4-8-19/h2-13,15,17-18,27,31,34H,14,16H2,1H3/b13-10+/t27-/m0/s1. The van der Waals surface area contributed by atoms with Crippen molar-refractivity contribution >= 4 is 28.7 Å². The molecule has 0 saturated heterocycles. The van der Waals surface area contributed by atoms with Crippen LogP contribution in [0.2, 0.25) is 0 Å². The van der Waals surface area contributed by atoms with Crippen LogP contribution in [-0.4, -0.2) is 45.3 Å². The van der Waals surface area contributed by atoms with Crippen molar-refractivity contribution < 1.29 is 19.4 Å². The van der Waals surface area contributed by atoms with Gasteiger partial charge in [0.1, 0.15) is 11.8 Å². The average molecular weight is 480 g/mol. The predicted molar refractivity (Wildman–Crippen MR) is 137 cm³/mol. The third-order valence-electron chi connectivity index (χ3n) is 6.36. The smallest absolute Gasteiger partial charge is 0.290 e. The van der Waals surface area contributed by atoms with Gasteiger partial charge in [-0.3, -0.25) is 14.6 Å². The van der Waals surface area contributed by atoms with Crippen molar-refractivity contribution in [1.82, 2.24) is 14.9 Å². The fourth-order valence-electron chi connectivity index (χ4n) is 4.54. The van der Waals surface area contributed by atoms with E-state index in [-0.39, 0.29) is 12.1 Å². The molecule has 180 valence electrons. The number of carbonyl (C=O) groups is 2. The molecular weight excluding hydrogens is 454 g/mol. The predicted octanol–water partition coefficient (Wildman–Crippen LogP) is 4.79. The molecule has 7 nitrogen and oxygen atoms in total. The lowest BCUT2D eigenvalue weighted by molar-refractivity contribution is -0.129. The monoisotopic (exact) mass is 479 g/mol. The highest BCUT2D eigenvalue weighted by atomic mass is 16.5. The molecule has 0 spiro atoms. The van der Waals surface area contributed by atoms with E-state index in [0.717, 1.165) is 27.8 Å². The molecule has 0 radical (unpaired) electrons. The van der Waals surface area contributed by atoms with Crippen molar-refractivity contribution in [1.29, 1.82) is 0 Å². The number of rotatable bonds is 8. The molecule has 2 aromatic carbocycles. The first-order chi connectivity index (χ1) is 17.6. The van der Waals surface area contributed by atoms with E-state index in [0.29, 0.717) is 12.1 Å². The van der Waals surface area contributed by atoms with Crippen molar-refractivity contribution in [3.63, 3.8) is 0 Å². The van der Waals surface area contributed by atoms with Crippen LogP contribution in [0.3, 0.4) is 0 Å². The van der Waals surface area contributed by atoms with E-state index >= 15 is 0 Å². The lowest BCUT2D eigenvalue weighted by Crippen LogP contribution is -2.33. The van der Waals surface area contributed by atoms with Crippen LogP contribution in [0.5, 0.6) is 5.75 Å². The summed E-state index contributed by atoms with van der Waals surface area (Å²) in [7, 11) is 1.62. The van der Waals surface area contributed by atoms with Crippen LogP contribution >= 0.6 is 0 Å². The number of nitrogens with zero attached hydrogens (tertiary/aromatic N) is 2. The zero-order valence-corrected chi connectivity index (χ0v) is 19.7. The van der Waals surface area contributed by atoms with Crippen molar-refractivity contribution in [2.24, 2.45) is 0 Å². The van der Waals surface area contributed by atoms with Crippen molar-refractivity contribution in [3.8, 4) is 5.75 Å². The second kappa shape index (κ2) is 9.92. The number of benzene rings is 2. The number of pyridine rings is 1. The Morgan fingerprint density at radius 1 is 1.14 bits per heavy atom. The Bertz CT molecular complexity index is 1470. The van der Waals surface area contributed by atoms with Gasteiger partial charge in [-0.05, 0) is 54.0 Å². The van der Waals surface area contributed by atoms with E-state index in [1.165, 1.54) is 11.0 Å². The summed E-state index contributed by atoms with van der Waals surface area (Å²) in [6.07, 6.45) is 7.09. The molecule has 0 fully saturated rings. The largest absolute Gasteiger partial charge is 0.503 e. The summed E-state index contributed by atoms with van der Waals surface area (Å²) in [5.41, 5.74) is 3.36. The number of aliphatic hydroxyl groups excluding tert-OH is 1. The summed E-state index contributed by atoms with van der Waals surface area (Å²) in [6, 6.07) is 19.7. The number of aromatic amines is 1. The first-order valence-corrected chi connectivity index (χ1v) is 11.6. The maximum absolute atomic E-state index is 13.3. The number of fused-ring (bicyclic) bond motifs is 1. The summed E-state index contributed by atoms with van der Waals surface area (Å²) in [4.78, 5) is 35.6. The number of allylic oxidation sites excluding steroid dienone is 1. The summed E-state index contributed by atoms with van der Waals surface area (Å²) >= 11 is 0. The second-order valence-corrected chi connectivity index (χ2v) is 8.50. The average Bonchev–Trinajstić information content (AvgIpc) is 3.44. The lowest BCUT2D eigenvalue weighted by atomic mass is 9.98. The zero-order valence-electron chi connectivity index (χ0n) is 19.7. The number of hydrogen-bond acceptors (Lipinski definition) is 5. The molecule has 1 aliphatic heterocycles. The van der Waals surface area contributed by atoms with Crippen LogP contribution < -0.4 is 4.74 Å². The molecule has 0 bridgehead atoms. The summed E-state index contributed by atoms with van der Waals surface area (Å²) in [5, 5.41) is 11.8. The van der Waals surface area contributed by atoms with Crippen molar-refractivity contribution in [2.75, 3.05) is 13.7 Å². The highest BCUT2D eigenvalue weighted by Gasteiger charge is 2.43. The number of aliphatic hydroxyl groups is 1. The maximum atomic E-state index is 13.3. The number of methoxy groups -OCH3 is 1. The van der Waals surface area contributed by atoms with Gasteiger partial charge >= 0.3 is 0 Å². The third kappa shape index (κ3) is 4.38. The Balaban J connectivity index is 1.45. The minimum atomic E-state index is -0.786. The summed E-state index contributed by atoms with van der Waals surface area (Å²) < 4.78 is 5.36. The van der Waals surface area contributed by atoms with E-state index < -0.39 is 23.5 Å². The number of amides is 1. The first-order valence-electron chi connectivity index (χ1n) is 11.6. The van der Waals surface area contributed by atoms with Crippen LogP contribution in [0.15, 0.2) is 96.5 Å². The van der Waals surface area contributed by atoms with E-state index in [1.54, 1.807) is 37.6 Å². The molecular formula is C29H25N3O4. The summed E-state index contributed by atoms with van der Waals surface area (Å²) in [5.74, 6) is -0.808. The Morgan fingerprint density at radius 3 is 2.69 bits per heavy atom. The van der Waals surface area contributed by atoms with E-state index in [1.807, 2.05) is 54.7 Å². The van der Waals surface area contributed by atoms with Crippen LogP contribution in [0.1, 0.15) is 22.9 Å². The molecule has 0 aliphatic carbocycles. The van der Waals surface area contributed by atoms with Gasteiger partial charge in [0.15, 0.2) is 11.5 Å². The maximum Gasteiger partial charge on any atom is 0.290 e. The van der Waals surface area contributed by atoms with E-state index in [4.69, 9.17) is 4.74 Å². The number of hydrogen-bond donors (Lipinski definition) is 2. The molecule has 2 N–H and O–H groups in total. The van der Waals surface area contributed by atoms with Crippen LogP contribution in [0.4, 0.5) is 0 Å². The van der Waals surface area contributed by atoms with Gasteiger partial charge in [-0.2, -0.15) is 0 Å². The van der Waals surface area contributed by atoms with E-state index in [9.17, 15) is 14.7 Å².